The van der Waals surface area contributed by atoms with Crippen LogP contribution in [0.5, 0.6) is 5.75 Å². The summed E-state index contributed by atoms with van der Waals surface area (Å²) in [5.74, 6) is 0.777. The molecule has 1 saturated heterocycles. The largest absolute Gasteiger partial charge is 0.495 e. The first-order valence-electron chi connectivity index (χ1n) is 10.2. The van der Waals surface area contributed by atoms with Gasteiger partial charge < -0.3 is 15.4 Å². The summed E-state index contributed by atoms with van der Waals surface area (Å²) in [6, 6.07) is 12.8. The third-order valence-electron chi connectivity index (χ3n) is 5.20. The van der Waals surface area contributed by atoms with Crippen molar-refractivity contribution in [2.24, 2.45) is 0 Å². The molecule has 1 fully saturated rings. The average molecular weight is 448 g/mol. The van der Waals surface area contributed by atoms with E-state index in [1.54, 1.807) is 22.5 Å². The number of methoxy groups -OCH3 is 1. The van der Waals surface area contributed by atoms with Crippen molar-refractivity contribution in [3.63, 3.8) is 0 Å². The number of nitrogens with zero attached hydrogens (tertiary/aromatic N) is 1. The Balaban J connectivity index is 1.78. The van der Waals surface area contributed by atoms with Crippen molar-refractivity contribution < 1.29 is 13.2 Å². The first-order chi connectivity index (χ1) is 14.3. The highest BCUT2D eigenvalue weighted by atomic mass is 32.2. The lowest BCUT2D eigenvalue weighted by molar-refractivity contribution is 0.346. The molecule has 162 valence electrons. The zero-order valence-electron chi connectivity index (χ0n) is 17.6. The van der Waals surface area contributed by atoms with Gasteiger partial charge in [-0.3, -0.25) is 0 Å². The van der Waals surface area contributed by atoms with Crippen molar-refractivity contribution in [3.8, 4) is 5.75 Å². The summed E-state index contributed by atoms with van der Waals surface area (Å²) < 4.78 is 32.9. The number of rotatable bonds is 6. The number of sulfonamides is 1. The second-order valence-electron chi connectivity index (χ2n) is 7.65. The summed E-state index contributed by atoms with van der Waals surface area (Å²) in [5.41, 5.74) is 2.71. The predicted molar refractivity (Wildman–Crippen MR) is 126 cm³/mol. The smallest absolute Gasteiger partial charge is 0.243 e. The number of piperidine rings is 1. The lowest BCUT2D eigenvalue weighted by Crippen LogP contribution is -2.35. The molecule has 0 bridgehead atoms. The molecule has 0 aliphatic carbocycles. The van der Waals surface area contributed by atoms with E-state index >= 15 is 0 Å². The van der Waals surface area contributed by atoms with Gasteiger partial charge in [0.1, 0.15) is 5.75 Å². The Labute approximate surface area is 184 Å². The molecule has 8 heteroatoms. The topological polar surface area (TPSA) is 70.7 Å². The normalized spacial score (nSPS) is 15.1. The first kappa shape index (κ1) is 22.5. The third kappa shape index (κ3) is 5.11. The van der Waals surface area contributed by atoms with E-state index < -0.39 is 10.0 Å². The number of thiocarbonyl (C=S) groups is 1. The molecule has 0 unspecified atom stereocenters. The maximum Gasteiger partial charge on any atom is 0.243 e. The molecule has 0 saturated carbocycles. The van der Waals surface area contributed by atoms with Crippen LogP contribution in [-0.2, 0) is 10.0 Å². The molecular weight excluding hydrogens is 418 g/mol. The van der Waals surface area contributed by atoms with E-state index in [-0.39, 0.29) is 4.90 Å². The Hall–Kier alpha value is -2.16. The van der Waals surface area contributed by atoms with Gasteiger partial charge in [-0.25, -0.2) is 8.42 Å². The molecule has 2 N–H and O–H groups in total. The number of hydrogen-bond acceptors (Lipinski definition) is 4. The lowest BCUT2D eigenvalue weighted by atomic mass is 10.0. The second-order valence-corrected chi connectivity index (χ2v) is 9.99. The molecule has 0 amide bonds. The van der Waals surface area contributed by atoms with E-state index in [2.05, 4.69) is 30.5 Å². The first-order valence-corrected chi connectivity index (χ1v) is 12.0. The number of anilines is 2. The Bertz CT molecular complexity index is 1000. The number of benzene rings is 2. The zero-order chi connectivity index (χ0) is 21.7. The Morgan fingerprint density at radius 3 is 2.37 bits per heavy atom. The van der Waals surface area contributed by atoms with Gasteiger partial charge in [0.2, 0.25) is 10.0 Å². The molecule has 1 heterocycles. The van der Waals surface area contributed by atoms with Gasteiger partial charge in [-0.15, -0.1) is 0 Å². The van der Waals surface area contributed by atoms with Crippen molar-refractivity contribution in [1.82, 2.24) is 4.31 Å². The van der Waals surface area contributed by atoms with Gasteiger partial charge in [-0.2, -0.15) is 4.31 Å². The van der Waals surface area contributed by atoms with Gasteiger partial charge >= 0.3 is 0 Å². The molecule has 2 aromatic rings. The highest BCUT2D eigenvalue weighted by Gasteiger charge is 2.26. The molecule has 3 rings (SSSR count). The van der Waals surface area contributed by atoms with E-state index in [1.807, 2.05) is 18.2 Å². The summed E-state index contributed by atoms with van der Waals surface area (Å²) >= 11 is 5.48. The minimum atomic E-state index is -3.53. The summed E-state index contributed by atoms with van der Waals surface area (Å²) in [6.45, 7) is 5.38. The van der Waals surface area contributed by atoms with Crippen LogP contribution in [0.1, 0.15) is 44.6 Å². The van der Waals surface area contributed by atoms with Crippen molar-refractivity contribution in [3.05, 3.63) is 48.0 Å². The average Bonchev–Trinajstić information content (AvgIpc) is 2.74. The second kappa shape index (κ2) is 9.76. The SMILES string of the molecule is COc1cc(S(=O)(=O)N2CCCCC2)ccc1NC(=S)Nc1ccccc1C(C)C. The maximum atomic E-state index is 12.9. The van der Waals surface area contributed by atoms with Gasteiger partial charge in [-0.1, -0.05) is 38.5 Å². The van der Waals surface area contributed by atoms with Crippen LogP contribution in [0, 0.1) is 0 Å². The van der Waals surface area contributed by atoms with Crippen LogP contribution in [-0.4, -0.2) is 38.0 Å². The van der Waals surface area contributed by atoms with Crippen molar-refractivity contribution in [2.75, 3.05) is 30.8 Å². The molecule has 2 aromatic carbocycles. The van der Waals surface area contributed by atoms with Crippen LogP contribution in [0.3, 0.4) is 0 Å². The molecule has 0 aromatic heterocycles. The molecular formula is C22H29N3O3S2. The van der Waals surface area contributed by atoms with E-state index in [0.717, 1.165) is 30.5 Å². The molecule has 6 nitrogen and oxygen atoms in total. The monoisotopic (exact) mass is 447 g/mol. The van der Waals surface area contributed by atoms with Gasteiger partial charge in [0, 0.05) is 24.8 Å². The number of ether oxygens (including phenoxy) is 1. The van der Waals surface area contributed by atoms with Gasteiger partial charge in [0.05, 0.1) is 17.7 Å². The van der Waals surface area contributed by atoms with Gasteiger partial charge in [0.15, 0.2) is 5.11 Å². The van der Waals surface area contributed by atoms with E-state index in [4.69, 9.17) is 17.0 Å². The molecule has 30 heavy (non-hydrogen) atoms. The van der Waals surface area contributed by atoms with E-state index in [0.29, 0.717) is 35.6 Å². The number of para-hydroxylation sites is 1. The summed E-state index contributed by atoms with van der Waals surface area (Å²) in [7, 11) is -2.01. The minimum absolute atomic E-state index is 0.232. The summed E-state index contributed by atoms with van der Waals surface area (Å²) in [5, 5.41) is 6.76. The van der Waals surface area contributed by atoms with Crippen LogP contribution in [0.4, 0.5) is 11.4 Å². The van der Waals surface area contributed by atoms with E-state index in [1.165, 1.54) is 7.11 Å². The van der Waals surface area contributed by atoms with Gasteiger partial charge in [0.25, 0.3) is 0 Å². The van der Waals surface area contributed by atoms with Crippen LogP contribution in [0.15, 0.2) is 47.4 Å². The lowest BCUT2D eigenvalue weighted by Gasteiger charge is -2.26. The Kier molecular flexibility index (Phi) is 7.33. The fourth-order valence-electron chi connectivity index (χ4n) is 3.58. The quantitative estimate of drug-likeness (QED) is 0.620. The third-order valence-corrected chi connectivity index (χ3v) is 7.30. The number of hydrogen-bond donors (Lipinski definition) is 2. The minimum Gasteiger partial charge on any atom is -0.495 e. The summed E-state index contributed by atoms with van der Waals surface area (Å²) in [4.78, 5) is 0.232. The molecule has 0 spiro atoms. The van der Waals surface area contributed by atoms with Crippen LogP contribution < -0.4 is 15.4 Å². The van der Waals surface area contributed by atoms with Gasteiger partial charge in [-0.05, 0) is 54.7 Å². The standard InChI is InChI=1S/C22H29N3O3S2/c1-16(2)18-9-5-6-10-19(18)23-22(29)24-20-12-11-17(15-21(20)28-3)30(26,27)25-13-7-4-8-14-25/h5-6,9-12,15-16H,4,7-8,13-14H2,1-3H3,(H2,23,24,29). The van der Waals surface area contributed by atoms with E-state index in [9.17, 15) is 8.42 Å². The van der Waals surface area contributed by atoms with Crippen LogP contribution in [0.25, 0.3) is 0 Å². The Morgan fingerprint density at radius 2 is 1.70 bits per heavy atom. The summed E-state index contributed by atoms with van der Waals surface area (Å²) in [6.07, 6.45) is 2.87. The van der Waals surface area contributed by atoms with Crippen molar-refractivity contribution >= 4 is 38.7 Å². The van der Waals surface area contributed by atoms with Crippen LogP contribution in [0.2, 0.25) is 0 Å². The number of nitrogens with one attached hydrogen (secondary N) is 2. The fourth-order valence-corrected chi connectivity index (χ4v) is 5.33. The molecule has 1 aliphatic rings. The highest BCUT2D eigenvalue weighted by molar-refractivity contribution is 7.89. The zero-order valence-corrected chi connectivity index (χ0v) is 19.3. The molecule has 0 radical (unpaired) electrons. The van der Waals surface area contributed by atoms with Crippen molar-refractivity contribution in [2.45, 2.75) is 43.9 Å². The fraction of sp³-hybridized carbons (Fsp3) is 0.409. The predicted octanol–water partition coefficient (Wildman–Crippen LogP) is 4.80. The van der Waals surface area contributed by atoms with Crippen LogP contribution >= 0.6 is 12.2 Å². The maximum absolute atomic E-state index is 12.9. The van der Waals surface area contributed by atoms with Crippen molar-refractivity contribution in [1.29, 1.82) is 0 Å². The highest BCUT2D eigenvalue weighted by Crippen LogP contribution is 2.30. The molecule has 1 aliphatic heterocycles. The molecule has 0 atom stereocenters. The Morgan fingerprint density at radius 1 is 1.03 bits per heavy atom.